The first-order chi connectivity index (χ1) is 10.4. The predicted octanol–water partition coefficient (Wildman–Crippen LogP) is 4.01. The molecule has 3 nitrogen and oxygen atoms in total. The molecule has 0 fully saturated rings. The number of methoxy groups -OCH3 is 1. The number of nitrogens with zero attached hydrogens (tertiary/aromatic N) is 1. The lowest BCUT2D eigenvalue weighted by atomic mass is 10.0. The van der Waals surface area contributed by atoms with Crippen LogP contribution in [0, 0.1) is 0 Å². The van der Waals surface area contributed by atoms with E-state index >= 15 is 0 Å². The molecule has 0 aliphatic heterocycles. The molecule has 0 saturated carbocycles. The van der Waals surface area contributed by atoms with Gasteiger partial charge in [0.15, 0.2) is 5.78 Å². The Kier molecular flexibility index (Phi) is 4.60. The number of ether oxygens (including phenoxy) is 1. The van der Waals surface area contributed by atoms with E-state index in [4.69, 9.17) is 4.74 Å². The molecule has 2 aromatic rings. The van der Waals surface area contributed by atoms with Crippen molar-refractivity contribution in [3.05, 3.63) is 65.5 Å². The Bertz CT molecular complexity index is 709. The van der Waals surface area contributed by atoms with Crippen LogP contribution in [0.3, 0.4) is 0 Å². The summed E-state index contributed by atoms with van der Waals surface area (Å²) in [4.78, 5) is 15.9. The lowest BCUT2D eigenvalue weighted by molar-refractivity contribution is -0.137. The molecule has 0 aliphatic carbocycles. The highest BCUT2D eigenvalue weighted by Crippen LogP contribution is 2.32. The van der Waals surface area contributed by atoms with Gasteiger partial charge < -0.3 is 4.74 Å². The summed E-state index contributed by atoms with van der Waals surface area (Å²) in [5.41, 5.74) is -0.686. The first-order valence-corrected chi connectivity index (χ1v) is 6.30. The van der Waals surface area contributed by atoms with Gasteiger partial charge >= 0.3 is 6.18 Å². The van der Waals surface area contributed by atoms with Crippen LogP contribution in [0.1, 0.15) is 21.5 Å². The van der Waals surface area contributed by atoms with Crippen molar-refractivity contribution in [3.63, 3.8) is 0 Å². The number of carbonyl (C=O) groups excluding carboxylic acids is 1. The molecule has 0 N–H and O–H groups in total. The number of carbonyl (C=O) groups is 1. The third kappa shape index (κ3) is 3.52. The highest BCUT2D eigenvalue weighted by molar-refractivity contribution is 6.08. The number of ketones is 1. The van der Waals surface area contributed by atoms with Crippen LogP contribution in [0.5, 0.6) is 5.75 Å². The van der Waals surface area contributed by atoms with E-state index in [0.717, 1.165) is 18.2 Å². The van der Waals surface area contributed by atoms with Crippen molar-refractivity contribution in [3.8, 4) is 5.75 Å². The minimum atomic E-state index is -4.48. The van der Waals surface area contributed by atoms with Crippen molar-refractivity contribution in [2.75, 3.05) is 7.11 Å². The fraction of sp³-hybridized carbons (Fsp3) is 0.125. The second-order valence-corrected chi connectivity index (χ2v) is 4.36. The van der Waals surface area contributed by atoms with Gasteiger partial charge in [0.2, 0.25) is 0 Å². The number of halogens is 3. The van der Waals surface area contributed by atoms with Gasteiger partial charge in [0.25, 0.3) is 0 Å². The second-order valence-electron chi connectivity index (χ2n) is 4.36. The molecule has 1 heterocycles. The van der Waals surface area contributed by atoms with Crippen molar-refractivity contribution in [1.82, 2.24) is 4.98 Å². The molecular weight excluding hydrogens is 295 g/mol. The Labute approximate surface area is 125 Å². The average Bonchev–Trinajstić information content (AvgIpc) is 2.52. The number of pyridine rings is 1. The van der Waals surface area contributed by atoms with Crippen LogP contribution in [0.25, 0.3) is 6.08 Å². The van der Waals surface area contributed by atoms with Crippen LogP contribution < -0.4 is 4.74 Å². The molecule has 0 atom stereocenters. The fourth-order valence-corrected chi connectivity index (χ4v) is 1.90. The number of benzene rings is 1. The van der Waals surface area contributed by atoms with Crippen molar-refractivity contribution in [1.29, 1.82) is 0 Å². The summed E-state index contributed by atoms with van der Waals surface area (Å²) < 4.78 is 43.6. The molecule has 0 amide bonds. The first kappa shape index (κ1) is 15.8. The summed E-state index contributed by atoms with van der Waals surface area (Å²) >= 11 is 0. The van der Waals surface area contributed by atoms with Crippen LogP contribution in [-0.4, -0.2) is 17.9 Å². The van der Waals surface area contributed by atoms with Gasteiger partial charge in [0, 0.05) is 12.4 Å². The van der Waals surface area contributed by atoms with Crippen molar-refractivity contribution >= 4 is 11.9 Å². The smallest absolute Gasteiger partial charge is 0.416 e. The highest BCUT2D eigenvalue weighted by Gasteiger charge is 2.32. The summed E-state index contributed by atoms with van der Waals surface area (Å²) in [6.45, 7) is 0. The van der Waals surface area contributed by atoms with Crippen LogP contribution >= 0.6 is 0 Å². The van der Waals surface area contributed by atoms with Crippen LogP contribution in [0.4, 0.5) is 13.2 Å². The zero-order chi connectivity index (χ0) is 16.2. The molecule has 1 aromatic heterocycles. The quantitative estimate of drug-likeness (QED) is 0.633. The van der Waals surface area contributed by atoms with E-state index in [1.54, 1.807) is 0 Å². The maximum Gasteiger partial charge on any atom is 0.416 e. The summed E-state index contributed by atoms with van der Waals surface area (Å²) in [5.74, 6) is -0.171. The van der Waals surface area contributed by atoms with Gasteiger partial charge in [0.1, 0.15) is 5.75 Å². The van der Waals surface area contributed by atoms with Gasteiger partial charge in [0.05, 0.1) is 18.2 Å². The maximum atomic E-state index is 12.9. The van der Waals surface area contributed by atoms with E-state index < -0.39 is 17.5 Å². The third-order valence-corrected chi connectivity index (χ3v) is 2.95. The number of allylic oxidation sites excluding steroid dienone is 1. The van der Waals surface area contributed by atoms with Crippen molar-refractivity contribution in [2.24, 2.45) is 0 Å². The average molecular weight is 307 g/mol. The van der Waals surface area contributed by atoms with Gasteiger partial charge in [-0.15, -0.1) is 0 Å². The number of alkyl halides is 3. The van der Waals surface area contributed by atoms with E-state index in [1.807, 2.05) is 0 Å². The van der Waals surface area contributed by atoms with Crippen LogP contribution in [0.2, 0.25) is 0 Å². The van der Waals surface area contributed by atoms with Crippen LogP contribution in [0.15, 0.2) is 48.8 Å². The van der Waals surface area contributed by atoms with Gasteiger partial charge in [-0.2, -0.15) is 13.2 Å². The van der Waals surface area contributed by atoms with Gasteiger partial charge in [-0.05, 0) is 23.8 Å². The topological polar surface area (TPSA) is 39.2 Å². The minimum Gasteiger partial charge on any atom is -0.496 e. The monoisotopic (exact) mass is 307 g/mol. The Balaban J connectivity index is 2.32. The number of aromatic nitrogens is 1. The summed E-state index contributed by atoms with van der Waals surface area (Å²) in [5, 5.41) is 0. The third-order valence-electron chi connectivity index (χ3n) is 2.95. The zero-order valence-corrected chi connectivity index (χ0v) is 11.6. The van der Waals surface area contributed by atoms with Crippen molar-refractivity contribution in [2.45, 2.75) is 6.18 Å². The SMILES string of the molecule is COc1ccncc1C(=O)/C=C/c1ccccc1C(F)(F)F. The first-order valence-electron chi connectivity index (χ1n) is 6.30. The lowest BCUT2D eigenvalue weighted by Gasteiger charge is -2.09. The molecular formula is C16H12F3NO2. The molecule has 2 rings (SSSR count). The van der Waals surface area contributed by atoms with Crippen molar-refractivity contribution < 1.29 is 22.7 Å². The Hall–Kier alpha value is -2.63. The predicted molar refractivity (Wildman–Crippen MR) is 75.6 cm³/mol. The molecule has 0 aliphatic rings. The molecule has 0 radical (unpaired) electrons. The standard InChI is InChI=1S/C16H12F3NO2/c1-22-15-8-9-20-10-12(15)14(21)7-6-11-4-2-3-5-13(11)16(17,18)19/h2-10H,1H3/b7-6+. The minimum absolute atomic E-state index is 0.0776. The number of rotatable bonds is 4. The molecule has 0 unspecified atom stereocenters. The largest absolute Gasteiger partial charge is 0.496 e. The van der Waals surface area contributed by atoms with E-state index in [9.17, 15) is 18.0 Å². The Morgan fingerprint density at radius 1 is 1.23 bits per heavy atom. The Morgan fingerprint density at radius 3 is 2.64 bits per heavy atom. The van der Waals surface area contributed by atoms with Crippen LogP contribution in [-0.2, 0) is 6.18 Å². The molecule has 0 spiro atoms. The normalized spacial score (nSPS) is 11.6. The molecule has 114 valence electrons. The summed E-state index contributed by atoms with van der Waals surface area (Å²) in [6, 6.07) is 6.54. The molecule has 0 bridgehead atoms. The molecule has 1 aromatic carbocycles. The number of hydrogen-bond donors (Lipinski definition) is 0. The fourth-order valence-electron chi connectivity index (χ4n) is 1.90. The van der Waals surface area contributed by atoms with Gasteiger partial charge in [-0.3, -0.25) is 9.78 Å². The van der Waals surface area contributed by atoms with E-state index in [0.29, 0.717) is 5.75 Å². The maximum absolute atomic E-state index is 12.9. The van der Waals surface area contributed by atoms with Gasteiger partial charge in [-0.25, -0.2) is 0 Å². The Morgan fingerprint density at radius 2 is 1.95 bits per heavy atom. The van der Waals surface area contributed by atoms with E-state index in [2.05, 4.69) is 4.98 Å². The van der Waals surface area contributed by atoms with E-state index in [-0.39, 0.29) is 11.1 Å². The summed E-state index contributed by atoms with van der Waals surface area (Å²) in [6.07, 6.45) is 0.497. The summed E-state index contributed by atoms with van der Waals surface area (Å²) in [7, 11) is 1.40. The molecule has 0 saturated heterocycles. The molecule has 22 heavy (non-hydrogen) atoms. The number of hydrogen-bond acceptors (Lipinski definition) is 3. The molecule has 6 heteroatoms. The lowest BCUT2D eigenvalue weighted by Crippen LogP contribution is -2.07. The highest BCUT2D eigenvalue weighted by atomic mass is 19.4. The van der Waals surface area contributed by atoms with Gasteiger partial charge in [-0.1, -0.05) is 24.3 Å². The second kappa shape index (κ2) is 6.43. The zero-order valence-electron chi connectivity index (χ0n) is 11.6. The van der Waals surface area contributed by atoms with E-state index in [1.165, 1.54) is 43.8 Å².